The van der Waals surface area contributed by atoms with Crippen LogP contribution in [-0.2, 0) is 9.47 Å². The molecule has 0 unspecified atom stereocenters. The smallest absolute Gasteiger partial charge is 0.0704 e. The summed E-state index contributed by atoms with van der Waals surface area (Å²) in [5.41, 5.74) is -0.781. The Morgan fingerprint density at radius 3 is 2.17 bits per heavy atom. The zero-order valence-corrected chi connectivity index (χ0v) is 11.9. The Hall–Kier alpha value is -0.200. The van der Waals surface area contributed by atoms with E-state index in [9.17, 15) is 5.21 Å². The van der Waals surface area contributed by atoms with E-state index in [1.807, 2.05) is 27.7 Å². The van der Waals surface area contributed by atoms with Crippen molar-refractivity contribution < 1.29 is 14.6 Å². The summed E-state index contributed by atoms with van der Waals surface area (Å²) in [6.45, 7) is 9.21. The topological polar surface area (TPSA) is 65.0 Å². The van der Waals surface area contributed by atoms with Gasteiger partial charge in [-0.15, -0.1) is 0 Å². The predicted octanol–water partition coefficient (Wildman–Crippen LogP) is 1.53. The second kappa shape index (κ2) is 6.30. The van der Waals surface area contributed by atoms with Gasteiger partial charge in [0.25, 0.3) is 0 Å². The molecular weight excluding hydrogens is 234 g/mol. The first kappa shape index (κ1) is 15.9. The highest BCUT2D eigenvalue weighted by molar-refractivity contribution is 5.00. The molecule has 0 aromatic rings. The van der Waals surface area contributed by atoms with Crippen LogP contribution >= 0.6 is 0 Å². The van der Waals surface area contributed by atoms with Gasteiger partial charge in [0.15, 0.2) is 0 Å². The molecule has 0 bridgehead atoms. The number of rotatable bonds is 6. The Morgan fingerprint density at radius 1 is 1.11 bits per heavy atom. The van der Waals surface area contributed by atoms with E-state index in [2.05, 4.69) is 0 Å². The first-order chi connectivity index (χ1) is 8.29. The summed E-state index contributed by atoms with van der Waals surface area (Å²) in [5.74, 6) is 0. The lowest BCUT2D eigenvalue weighted by molar-refractivity contribution is -0.0910. The number of hydrogen-bond donors (Lipinski definition) is 1. The lowest BCUT2D eigenvalue weighted by atomic mass is 9.80. The Bertz CT molecular complexity index is 237. The van der Waals surface area contributed by atoms with Gasteiger partial charge in [-0.3, -0.25) is 0 Å². The largest absolute Gasteiger partial charge is 0.784 e. The van der Waals surface area contributed by atoms with E-state index in [1.165, 1.54) is 5.06 Å². The van der Waals surface area contributed by atoms with Crippen molar-refractivity contribution in [3.63, 3.8) is 0 Å². The number of nitrogens with zero attached hydrogens (tertiary/aromatic N) is 1. The van der Waals surface area contributed by atoms with Crippen molar-refractivity contribution in [1.29, 1.82) is 0 Å². The predicted molar refractivity (Wildman–Crippen MR) is 70.2 cm³/mol. The number of ether oxygens (including phenoxy) is 2. The van der Waals surface area contributed by atoms with Gasteiger partial charge >= 0.3 is 0 Å². The molecule has 1 saturated heterocycles. The van der Waals surface area contributed by atoms with Crippen LogP contribution in [0.25, 0.3) is 0 Å². The van der Waals surface area contributed by atoms with E-state index < -0.39 is 11.1 Å². The Kier molecular flexibility index (Phi) is 5.55. The molecular formula is C13H26NO4-. The monoisotopic (exact) mass is 260 g/mol. The van der Waals surface area contributed by atoms with Crippen LogP contribution in [-0.4, -0.2) is 53.8 Å². The molecule has 0 amide bonds. The second-order valence-electron chi connectivity index (χ2n) is 6.16. The minimum absolute atomic E-state index is 0.0363. The quantitative estimate of drug-likeness (QED) is 0.734. The molecule has 0 aromatic heterocycles. The molecule has 1 fully saturated rings. The van der Waals surface area contributed by atoms with Crippen LogP contribution in [0.4, 0.5) is 0 Å². The van der Waals surface area contributed by atoms with Gasteiger partial charge in [-0.2, -0.15) is 0 Å². The average Bonchev–Trinajstić information content (AvgIpc) is 2.25. The normalized spacial score (nSPS) is 24.3. The standard InChI is InChI=1S/C13H26NO4/c1-12(2)9-11(10-13(3,4)14(12)16)18-8-7-17-6-5-15/h11,15H,5-10H2,1-4H3/q-1. The highest BCUT2D eigenvalue weighted by Crippen LogP contribution is 2.38. The molecule has 1 heterocycles. The van der Waals surface area contributed by atoms with Gasteiger partial charge in [0.2, 0.25) is 0 Å². The molecule has 1 aliphatic heterocycles. The fraction of sp³-hybridized carbons (Fsp3) is 1.00. The highest BCUT2D eigenvalue weighted by atomic mass is 16.5. The summed E-state index contributed by atoms with van der Waals surface area (Å²) in [6, 6.07) is 0. The molecule has 5 heteroatoms. The molecule has 18 heavy (non-hydrogen) atoms. The van der Waals surface area contributed by atoms with Crippen molar-refractivity contribution in [3.05, 3.63) is 5.21 Å². The van der Waals surface area contributed by atoms with Gasteiger partial charge in [0, 0.05) is 11.1 Å². The van der Waals surface area contributed by atoms with E-state index in [-0.39, 0.29) is 12.7 Å². The van der Waals surface area contributed by atoms with E-state index in [1.54, 1.807) is 0 Å². The molecule has 1 N–H and O–H groups in total. The first-order valence-corrected chi connectivity index (χ1v) is 6.57. The fourth-order valence-corrected chi connectivity index (χ4v) is 2.73. The lowest BCUT2D eigenvalue weighted by Crippen LogP contribution is -2.59. The molecule has 0 radical (unpaired) electrons. The molecule has 0 saturated carbocycles. The number of piperidine rings is 1. The van der Waals surface area contributed by atoms with Crippen LogP contribution in [0.5, 0.6) is 0 Å². The summed E-state index contributed by atoms with van der Waals surface area (Å²) in [4.78, 5) is 0. The van der Waals surface area contributed by atoms with Gasteiger partial charge in [-0.25, -0.2) is 0 Å². The lowest BCUT2D eigenvalue weighted by Gasteiger charge is -2.59. The van der Waals surface area contributed by atoms with Crippen molar-refractivity contribution in [2.45, 2.75) is 57.7 Å². The number of hydrogen-bond acceptors (Lipinski definition) is 5. The van der Waals surface area contributed by atoms with Gasteiger partial charge in [-0.05, 0) is 40.5 Å². The summed E-state index contributed by atoms with van der Waals surface area (Å²) >= 11 is 0. The molecule has 5 nitrogen and oxygen atoms in total. The number of hydroxylamine groups is 2. The van der Waals surface area contributed by atoms with Crippen LogP contribution in [0.3, 0.4) is 0 Å². The molecule has 0 aliphatic carbocycles. The Morgan fingerprint density at radius 2 is 1.67 bits per heavy atom. The van der Waals surface area contributed by atoms with Crippen LogP contribution in [0.1, 0.15) is 40.5 Å². The summed E-state index contributed by atoms with van der Waals surface area (Å²) < 4.78 is 10.9. The maximum Gasteiger partial charge on any atom is 0.0704 e. The zero-order chi connectivity index (χ0) is 13.8. The number of aliphatic hydroxyl groups is 1. The summed E-state index contributed by atoms with van der Waals surface area (Å²) in [5, 5.41) is 21.9. The van der Waals surface area contributed by atoms with Gasteiger partial charge in [0.05, 0.1) is 32.5 Å². The van der Waals surface area contributed by atoms with Gasteiger partial charge in [-0.1, -0.05) is 0 Å². The fourth-order valence-electron chi connectivity index (χ4n) is 2.73. The molecule has 108 valence electrons. The molecule has 0 atom stereocenters. The second-order valence-corrected chi connectivity index (χ2v) is 6.16. The Labute approximate surface area is 110 Å². The third-order valence-corrected chi connectivity index (χ3v) is 3.37. The summed E-state index contributed by atoms with van der Waals surface area (Å²) in [6.07, 6.45) is 1.57. The van der Waals surface area contributed by atoms with Crippen molar-refractivity contribution >= 4 is 0 Å². The maximum atomic E-state index is 12.1. The minimum Gasteiger partial charge on any atom is -0.784 e. The third-order valence-electron chi connectivity index (χ3n) is 3.37. The average molecular weight is 260 g/mol. The van der Waals surface area contributed by atoms with E-state index in [4.69, 9.17) is 14.6 Å². The molecule has 0 aromatic carbocycles. The molecule has 1 rings (SSSR count). The van der Waals surface area contributed by atoms with Crippen molar-refractivity contribution in [2.75, 3.05) is 26.4 Å². The minimum atomic E-state index is -0.391. The summed E-state index contributed by atoms with van der Waals surface area (Å²) in [7, 11) is 0. The van der Waals surface area contributed by atoms with E-state index >= 15 is 0 Å². The third kappa shape index (κ3) is 4.17. The number of aliphatic hydroxyl groups excluding tert-OH is 1. The van der Waals surface area contributed by atoms with Crippen LogP contribution in [0, 0.1) is 5.21 Å². The van der Waals surface area contributed by atoms with Gasteiger partial charge in [0.1, 0.15) is 0 Å². The highest BCUT2D eigenvalue weighted by Gasteiger charge is 2.40. The van der Waals surface area contributed by atoms with Crippen LogP contribution in [0.2, 0.25) is 0 Å². The van der Waals surface area contributed by atoms with Gasteiger partial charge < -0.3 is 24.9 Å². The zero-order valence-electron chi connectivity index (χ0n) is 11.9. The van der Waals surface area contributed by atoms with Crippen molar-refractivity contribution in [2.24, 2.45) is 0 Å². The van der Waals surface area contributed by atoms with Crippen LogP contribution in [0.15, 0.2) is 0 Å². The van der Waals surface area contributed by atoms with E-state index in [0.717, 1.165) is 12.8 Å². The molecule has 1 aliphatic rings. The maximum absolute atomic E-state index is 12.1. The van der Waals surface area contributed by atoms with Crippen LogP contribution < -0.4 is 0 Å². The van der Waals surface area contributed by atoms with Crippen molar-refractivity contribution in [3.8, 4) is 0 Å². The first-order valence-electron chi connectivity index (χ1n) is 6.57. The van der Waals surface area contributed by atoms with E-state index in [0.29, 0.717) is 19.8 Å². The van der Waals surface area contributed by atoms with Crippen molar-refractivity contribution in [1.82, 2.24) is 5.06 Å². The SMILES string of the molecule is CC1(C)CC(OCCOCCO)CC(C)(C)N1[O-]. The molecule has 0 spiro atoms. The Balaban J connectivity index is 2.39.